The number of nitrogens with zero attached hydrogens (tertiary/aromatic N) is 4. The van der Waals surface area contributed by atoms with E-state index in [1.807, 2.05) is 27.0 Å². The number of nitro groups is 1. The number of hydrogen-bond acceptors (Lipinski definition) is 5. The summed E-state index contributed by atoms with van der Waals surface area (Å²) in [6, 6.07) is 6.37. The van der Waals surface area contributed by atoms with Crippen LogP contribution in [0, 0.1) is 17.0 Å². The van der Waals surface area contributed by atoms with Crippen LogP contribution < -0.4 is 5.73 Å². The Hall–Kier alpha value is -2.96. The van der Waals surface area contributed by atoms with Gasteiger partial charge < -0.3 is 10.3 Å². The predicted octanol–water partition coefficient (Wildman–Crippen LogP) is 3.25. The number of nitrogen functional groups attached to an aromatic ring is 1. The molecule has 0 aliphatic rings. The van der Waals surface area contributed by atoms with Gasteiger partial charge >= 0.3 is 0 Å². The molecule has 3 aromatic rings. The largest absolute Gasteiger partial charge is 0.383 e. The predicted molar refractivity (Wildman–Crippen MR) is 86.0 cm³/mol. The first kappa shape index (κ1) is 15.4. The van der Waals surface area contributed by atoms with Gasteiger partial charge in [0.25, 0.3) is 5.69 Å². The highest BCUT2D eigenvalue weighted by atomic mass is 16.6. The van der Waals surface area contributed by atoms with E-state index in [9.17, 15) is 10.1 Å². The van der Waals surface area contributed by atoms with Crippen LogP contribution in [0.5, 0.6) is 0 Å². The maximum atomic E-state index is 10.9. The lowest BCUT2D eigenvalue weighted by molar-refractivity contribution is -0.384. The Labute approximate surface area is 127 Å². The molecule has 1 aromatic carbocycles. The number of fused-ring (bicyclic) bond motifs is 1. The summed E-state index contributed by atoms with van der Waals surface area (Å²) >= 11 is 0. The fourth-order valence-electron chi connectivity index (χ4n) is 2.22. The van der Waals surface area contributed by atoms with Gasteiger partial charge in [0.1, 0.15) is 17.8 Å². The van der Waals surface area contributed by atoms with Gasteiger partial charge in [-0.1, -0.05) is 19.9 Å². The molecule has 0 atom stereocenters. The highest BCUT2D eigenvalue weighted by molar-refractivity contribution is 5.90. The summed E-state index contributed by atoms with van der Waals surface area (Å²) in [4.78, 5) is 18.6. The first-order valence-electron chi connectivity index (χ1n) is 6.91. The average molecular weight is 299 g/mol. The van der Waals surface area contributed by atoms with Crippen molar-refractivity contribution in [3.05, 3.63) is 52.5 Å². The van der Waals surface area contributed by atoms with Crippen LogP contribution in [0.3, 0.4) is 0 Å². The molecule has 3 rings (SSSR count). The Morgan fingerprint density at radius 2 is 2.00 bits per heavy atom. The lowest BCUT2D eigenvalue weighted by Gasteiger charge is -2.04. The number of nitro benzene ring substituents is 1. The van der Waals surface area contributed by atoms with Gasteiger partial charge in [0.05, 0.1) is 16.0 Å². The third kappa shape index (κ3) is 2.60. The van der Waals surface area contributed by atoms with E-state index in [4.69, 9.17) is 5.73 Å². The summed E-state index contributed by atoms with van der Waals surface area (Å²) in [5, 5.41) is 11.6. The zero-order valence-electron chi connectivity index (χ0n) is 12.6. The quantitative estimate of drug-likeness (QED) is 0.578. The molecule has 22 heavy (non-hydrogen) atoms. The van der Waals surface area contributed by atoms with Gasteiger partial charge in [0.2, 0.25) is 0 Å². The van der Waals surface area contributed by atoms with E-state index in [1.54, 1.807) is 16.7 Å². The molecule has 0 unspecified atom stereocenters. The number of anilines is 1. The van der Waals surface area contributed by atoms with Gasteiger partial charge in [-0.3, -0.25) is 10.1 Å². The van der Waals surface area contributed by atoms with Gasteiger partial charge in [0.15, 0.2) is 0 Å². The van der Waals surface area contributed by atoms with Gasteiger partial charge in [-0.05, 0) is 18.6 Å². The van der Waals surface area contributed by atoms with E-state index >= 15 is 0 Å². The fourth-order valence-corrected chi connectivity index (χ4v) is 2.22. The highest BCUT2D eigenvalue weighted by Crippen LogP contribution is 2.27. The Kier molecular flexibility index (Phi) is 4.36. The molecule has 0 fully saturated rings. The van der Waals surface area contributed by atoms with Gasteiger partial charge in [-0.25, -0.2) is 9.97 Å². The van der Waals surface area contributed by atoms with E-state index < -0.39 is 4.92 Å². The Balaban J connectivity index is 0.000000847. The van der Waals surface area contributed by atoms with E-state index in [0.717, 1.165) is 10.9 Å². The van der Waals surface area contributed by atoms with Crippen LogP contribution >= 0.6 is 0 Å². The Bertz CT molecular complexity index is 826. The summed E-state index contributed by atoms with van der Waals surface area (Å²) < 4.78 is 1.77. The zero-order chi connectivity index (χ0) is 16.3. The Morgan fingerprint density at radius 3 is 2.68 bits per heavy atom. The first-order valence-corrected chi connectivity index (χ1v) is 6.91. The van der Waals surface area contributed by atoms with Crippen molar-refractivity contribution in [3.8, 4) is 5.69 Å². The molecular formula is C15H17N5O2. The van der Waals surface area contributed by atoms with E-state index in [-0.39, 0.29) is 5.69 Å². The molecule has 0 aliphatic heterocycles. The van der Waals surface area contributed by atoms with Crippen molar-refractivity contribution in [2.24, 2.45) is 0 Å². The molecule has 2 heterocycles. The normalized spacial score (nSPS) is 10.1. The smallest absolute Gasteiger partial charge is 0.271 e. The SMILES string of the molecule is CC.Cc1cn(-c2cccc([N+](=O)[O-])c2)c2ncnc(N)c12. The third-order valence-corrected chi connectivity index (χ3v) is 3.12. The van der Waals surface area contributed by atoms with E-state index in [1.165, 1.54) is 18.5 Å². The molecule has 2 aromatic heterocycles. The van der Waals surface area contributed by atoms with Crippen molar-refractivity contribution in [1.29, 1.82) is 0 Å². The van der Waals surface area contributed by atoms with Crippen molar-refractivity contribution in [1.82, 2.24) is 14.5 Å². The molecule has 7 nitrogen and oxygen atoms in total. The van der Waals surface area contributed by atoms with Crippen LogP contribution in [0.2, 0.25) is 0 Å². The lowest BCUT2D eigenvalue weighted by atomic mass is 10.2. The second-order valence-electron chi connectivity index (χ2n) is 4.42. The standard InChI is InChI=1S/C13H11N5O2.C2H6/c1-8-6-17(13-11(8)12(14)15-7-16-13)9-3-2-4-10(5-9)18(19)20;1-2/h2-7H,1H3,(H2,14,15,16);1-2H3. The zero-order valence-corrected chi connectivity index (χ0v) is 12.6. The molecule has 0 aliphatic carbocycles. The van der Waals surface area contributed by atoms with E-state index in [0.29, 0.717) is 17.2 Å². The Morgan fingerprint density at radius 1 is 1.27 bits per heavy atom. The molecule has 0 saturated carbocycles. The summed E-state index contributed by atoms with van der Waals surface area (Å²) in [5.74, 6) is 0.400. The lowest BCUT2D eigenvalue weighted by Crippen LogP contribution is -1.97. The maximum Gasteiger partial charge on any atom is 0.271 e. The molecule has 7 heteroatoms. The molecule has 0 amide bonds. The van der Waals surface area contributed by atoms with Gasteiger partial charge in [-0.15, -0.1) is 0 Å². The summed E-state index contributed by atoms with van der Waals surface area (Å²) in [6.07, 6.45) is 3.22. The van der Waals surface area contributed by atoms with Crippen LogP contribution in [-0.2, 0) is 0 Å². The summed E-state index contributed by atoms with van der Waals surface area (Å²) in [7, 11) is 0. The van der Waals surface area contributed by atoms with Crippen LogP contribution in [0.4, 0.5) is 11.5 Å². The third-order valence-electron chi connectivity index (χ3n) is 3.12. The average Bonchev–Trinajstić information content (AvgIpc) is 2.88. The molecule has 114 valence electrons. The summed E-state index contributed by atoms with van der Waals surface area (Å²) in [6.45, 7) is 5.90. The molecule has 0 spiro atoms. The number of hydrogen-bond donors (Lipinski definition) is 1. The second kappa shape index (κ2) is 6.21. The van der Waals surface area contributed by atoms with Crippen LogP contribution in [0.1, 0.15) is 19.4 Å². The number of rotatable bonds is 2. The minimum absolute atomic E-state index is 0.0315. The summed E-state index contributed by atoms with van der Waals surface area (Å²) in [5.41, 5.74) is 8.10. The fraction of sp³-hybridized carbons (Fsp3) is 0.200. The van der Waals surface area contributed by atoms with Crippen LogP contribution in [-0.4, -0.2) is 19.5 Å². The molecular weight excluding hydrogens is 282 g/mol. The second-order valence-corrected chi connectivity index (χ2v) is 4.42. The minimum Gasteiger partial charge on any atom is -0.383 e. The number of benzene rings is 1. The molecule has 0 bridgehead atoms. The van der Waals surface area contributed by atoms with E-state index in [2.05, 4.69) is 9.97 Å². The van der Waals surface area contributed by atoms with Crippen molar-refractivity contribution in [2.75, 3.05) is 5.73 Å². The molecule has 0 radical (unpaired) electrons. The van der Waals surface area contributed by atoms with Crippen molar-refractivity contribution < 1.29 is 4.92 Å². The van der Waals surface area contributed by atoms with Crippen molar-refractivity contribution >= 4 is 22.5 Å². The number of aromatic nitrogens is 3. The van der Waals surface area contributed by atoms with Gasteiger partial charge in [-0.2, -0.15) is 0 Å². The first-order chi connectivity index (χ1) is 10.6. The molecule has 2 N–H and O–H groups in total. The number of nitrogens with two attached hydrogens (primary N) is 1. The van der Waals surface area contributed by atoms with Crippen molar-refractivity contribution in [3.63, 3.8) is 0 Å². The topological polar surface area (TPSA) is 99.9 Å². The maximum absolute atomic E-state index is 10.9. The molecule has 0 saturated heterocycles. The van der Waals surface area contributed by atoms with Crippen molar-refractivity contribution in [2.45, 2.75) is 20.8 Å². The number of aryl methyl sites for hydroxylation is 1. The number of non-ortho nitro benzene ring substituents is 1. The van der Waals surface area contributed by atoms with Gasteiger partial charge in [0, 0.05) is 18.3 Å². The van der Waals surface area contributed by atoms with Crippen LogP contribution in [0.15, 0.2) is 36.8 Å². The van der Waals surface area contributed by atoms with Crippen LogP contribution in [0.25, 0.3) is 16.7 Å². The minimum atomic E-state index is -0.425. The monoisotopic (exact) mass is 299 g/mol. The highest BCUT2D eigenvalue weighted by Gasteiger charge is 2.13.